The molecule has 94 valence electrons. The van der Waals surface area contributed by atoms with Crippen molar-refractivity contribution in [2.75, 3.05) is 26.0 Å². The van der Waals surface area contributed by atoms with Crippen LogP contribution in [0, 0.1) is 0 Å². The van der Waals surface area contributed by atoms with Crippen LogP contribution in [0.2, 0.25) is 0 Å². The Balaban J connectivity index is 1.99. The van der Waals surface area contributed by atoms with E-state index in [-0.39, 0.29) is 5.91 Å². The average Bonchev–Trinajstić information content (AvgIpc) is 2.83. The van der Waals surface area contributed by atoms with Crippen molar-refractivity contribution < 1.29 is 9.53 Å². The SMILES string of the molecule is COCCCNC(=O)c1c(N)sc2c1CCC2. The average molecular weight is 254 g/mol. The van der Waals surface area contributed by atoms with Gasteiger partial charge in [-0.2, -0.15) is 0 Å². The molecule has 17 heavy (non-hydrogen) atoms. The second-order valence-corrected chi connectivity index (χ2v) is 5.34. The first-order valence-electron chi connectivity index (χ1n) is 5.91. The number of carbonyl (C=O) groups is 1. The van der Waals surface area contributed by atoms with Gasteiger partial charge >= 0.3 is 0 Å². The smallest absolute Gasteiger partial charge is 0.254 e. The highest BCUT2D eigenvalue weighted by atomic mass is 32.1. The third-order valence-corrected chi connectivity index (χ3v) is 4.11. The molecule has 1 aromatic rings. The maximum atomic E-state index is 12.0. The summed E-state index contributed by atoms with van der Waals surface area (Å²) in [5.41, 5.74) is 7.82. The van der Waals surface area contributed by atoms with Crippen LogP contribution in [0.4, 0.5) is 5.00 Å². The Morgan fingerprint density at radius 3 is 3.12 bits per heavy atom. The zero-order valence-corrected chi connectivity index (χ0v) is 10.9. The number of amides is 1. The molecule has 2 rings (SSSR count). The lowest BCUT2D eigenvalue weighted by atomic mass is 10.1. The van der Waals surface area contributed by atoms with Gasteiger partial charge in [0.1, 0.15) is 0 Å². The molecule has 0 bridgehead atoms. The number of nitrogen functional groups attached to an aromatic ring is 1. The number of anilines is 1. The molecular formula is C12H18N2O2S. The molecule has 0 spiro atoms. The van der Waals surface area contributed by atoms with Gasteiger partial charge in [0.15, 0.2) is 0 Å². The van der Waals surface area contributed by atoms with Gasteiger partial charge in [-0.15, -0.1) is 11.3 Å². The largest absolute Gasteiger partial charge is 0.390 e. The van der Waals surface area contributed by atoms with Gasteiger partial charge in [-0.05, 0) is 31.2 Å². The van der Waals surface area contributed by atoms with Crippen LogP contribution in [0.15, 0.2) is 0 Å². The summed E-state index contributed by atoms with van der Waals surface area (Å²) in [5, 5.41) is 3.56. The number of carbonyl (C=O) groups excluding carboxylic acids is 1. The van der Waals surface area contributed by atoms with Crippen LogP contribution in [0.3, 0.4) is 0 Å². The van der Waals surface area contributed by atoms with Crippen molar-refractivity contribution >= 4 is 22.2 Å². The summed E-state index contributed by atoms with van der Waals surface area (Å²) in [6.07, 6.45) is 4.03. The molecule has 0 atom stereocenters. The summed E-state index contributed by atoms with van der Waals surface area (Å²) < 4.78 is 4.94. The maximum absolute atomic E-state index is 12.0. The van der Waals surface area contributed by atoms with Crippen LogP contribution in [0.25, 0.3) is 0 Å². The highest BCUT2D eigenvalue weighted by Crippen LogP contribution is 2.37. The van der Waals surface area contributed by atoms with Gasteiger partial charge in [0.05, 0.1) is 10.6 Å². The van der Waals surface area contributed by atoms with Crippen molar-refractivity contribution in [3.05, 3.63) is 16.0 Å². The molecule has 0 saturated heterocycles. The molecule has 1 aromatic heterocycles. The summed E-state index contributed by atoms with van der Waals surface area (Å²) >= 11 is 1.57. The normalized spacial score (nSPS) is 13.7. The van der Waals surface area contributed by atoms with E-state index in [2.05, 4.69) is 5.32 Å². The minimum Gasteiger partial charge on any atom is -0.390 e. The topological polar surface area (TPSA) is 64.3 Å². The summed E-state index contributed by atoms with van der Waals surface area (Å²) in [4.78, 5) is 13.3. The van der Waals surface area contributed by atoms with E-state index in [0.29, 0.717) is 18.2 Å². The molecule has 1 aliphatic carbocycles. The van der Waals surface area contributed by atoms with Crippen molar-refractivity contribution in [2.24, 2.45) is 0 Å². The van der Waals surface area contributed by atoms with Crippen molar-refractivity contribution in [1.82, 2.24) is 5.32 Å². The van der Waals surface area contributed by atoms with Crippen LogP contribution in [0.5, 0.6) is 0 Å². The first kappa shape index (κ1) is 12.4. The summed E-state index contributed by atoms with van der Waals surface area (Å²) in [5.74, 6) is -0.0296. The van der Waals surface area contributed by atoms with E-state index in [1.807, 2.05) is 0 Å². The van der Waals surface area contributed by atoms with Crippen LogP contribution in [0.1, 0.15) is 33.6 Å². The fourth-order valence-corrected chi connectivity index (χ4v) is 3.34. The molecular weight excluding hydrogens is 236 g/mol. The number of hydrogen-bond donors (Lipinski definition) is 2. The Morgan fingerprint density at radius 2 is 2.35 bits per heavy atom. The molecule has 4 nitrogen and oxygen atoms in total. The van der Waals surface area contributed by atoms with Gasteiger partial charge in [-0.3, -0.25) is 4.79 Å². The van der Waals surface area contributed by atoms with Crippen molar-refractivity contribution in [3.63, 3.8) is 0 Å². The van der Waals surface area contributed by atoms with Gasteiger partial charge in [0.25, 0.3) is 5.91 Å². The summed E-state index contributed by atoms with van der Waals surface area (Å²) in [6.45, 7) is 1.30. The standard InChI is InChI=1S/C12H18N2O2S/c1-16-7-3-6-14-12(15)10-8-4-2-5-9(8)17-11(10)13/h2-7,13H2,1H3,(H,14,15). The molecule has 0 saturated carbocycles. The Labute approximate surface area is 105 Å². The quantitative estimate of drug-likeness (QED) is 0.784. The number of aryl methyl sites for hydroxylation is 1. The number of methoxy groups -OCH3 is 1. The number of nitrogens with one attached hydrogen (secondary N) is 1. The second-order valence-electron chi connectivity index (χ2n) is 4.20. The van der Waals surface area contributed by atoms with E-state index < -0.39 is 0 Å². The van der Waals surface area contributed by atoms with E-state index in [1.165, 1.54) is 10.4 Å². The lowest BCUT2D eigenvalue weighted by molar-refractivity contribution is 0.0949. The van der Waals surface area contributed by atoms with Crippen molar-refractivity contribution in [1.29, 1.82) is 0 Å². The molecule has 1 aliphatic rings. The zero-order valence-electron chi connectivity index (χ0n) is 10.0. The zero-order chi connectivity index (χ0) is 12.3. The van der Waals surface area contributed by atoms with Crippen LogP contribution in [-0.2, 0) is 17.6 Å². The number of fused-ring (bicyclic) bond motifs is 1. The molecule has 0 fully saturated rings. The number of nitrogens with two attached hydrogens (primary N) is 1. The summed E-state index contributed by atoms with van der Waals surface area (Å²) in [7, 11) is 1.66. The number of hydrogen-bond acceptors (Lipinski definition) is 4. The highest BCUT2D eigenvalue weighted by Gasteiger charge is 2.24. The predicted octanol–water partition coefficient (Wildman–Crippen LogP) is 1.59. The first-order chi connectivity index (χ1) is 8.24. The van der Waals surface area contributed by atoms with E-state index in [9.17, 15) is 4.79 Å². The molecule has 1 heterocycles. The highest BCUT2D eigenvalue weighted by molar-refractivity contribution is 7.16. The third kappa shape index (κ3) is 2.61. The van der Waals surface area contributed by atoms with Gasteiger partial charge in [-0.1, -0.05) is 0 Å². The van der Waals surface area contributed by atoms with E-state index in [4.69, 9.17) is 10.5 Å². The third-order valence-electron chi connectivity index (χ3n) is 2.99. The van der Waals surface area contributed by atoms with E-state index in [0.717, 1.165) is 31.2 Å². The molecule has 0 aromatic carbocycles. The lowest BCUT2D eigenvalue weighted by Crippen LogP contribution is -2.26. The molecule has 5 heteroatoms. The van der Waals surface area contributed by atoms with Gasteiger partial charge in [0, 0.05) is 25.1 Å². The first-order valence-corrected chi connectivity index (χ1v) is 6.73. The maximum Gasteiger partial charge on any atom is 0.254 e. The van der Waals surface area contributed by atoms with Crippen molar-refractivity contribution in [2.45, 2.75) is 25.7 Å². The van der Waals surface area contributed by atoms with E-state index >= 15 is 0 Å². The minimum absolute atomic E-state index is 0.0296. The predicted molar refractivity (Wildman–Crippen MR) is 69.6 cm³/mol. The van der Waals surface area contributed by atoms with E-state index in [1.54, 1.807) is 18.4 Å². The molecule has 0 radical (unpaired) electrons. The molecule has 3 N–H and O–H groups in total. The number of rotatable bonds is 5. The Morgan fingerprint density at radius 1 is 1.53 bits per heavy atom. The fraction of sp³-hybridized carbons (Fsp3) is 0.583. The molecule has 1 amide bonds. The van der Waals surface area contributed by atoms with Crippen LogP contribution < -0.4 is 11.1 Å². The molecule has 0 unspecified atom stereocenters. The Bertz CT molecular complexity index is 415. The van der Waals surface area contributed by atoms with Gasteiger partial charge in [-0.25, -0.2) is 0 Å². The Kier molecular flexibility index (Phi) is 4.02. The minimum atomic E-state index is -0.0296. The summed E-state index contributed by atoms with van der Waals surface area (Å²) in [6, 6.07) is 0. The van der Waals surface area contributed by atoms with Crippen LogP contribution in [-0.4, -0.2) is 26.2 Å². The lowest BCUT2D eigenvalue weighted by Gasteiger charge is -2.06. The van der Waals surface area contributed by atoms with Crippen LogP contribution >= 0.6 is 11.3 Å². The fourth-order valence-electron chi connectivity index (χ4n) is 2.18. The van der Waals surface area contributed by atoms with Gasteiger partial charge < -0.3 is 15.8 Å². The second kappa shape index (κ2) is 5.51. The Hall–Kier alpha value is -1.07. The monoisotopic (exact) mass is 254 g/mol. The number of thiophene rings is 1. The number of ether oxygens (including phenoxy) is 1. The molecule has 0 aliphatic heterocycles. The van der Waals surface area contributed by atoms with Gasteiger partial charge in [0.2, 0.25) is 0 Å². The van der Waals surface area contributed by atoms with Crippen molar-refractivity contribution in [3.8, 4) is 0 Å².